The molecule has 5 aromatic carbocycles. The van der Waals surface area contributed by atoms with Crippen LogP contribution in [0, 0.1) is 5.92 Å². The molecule has 0 saturated carbocycles. The standard InChI is InChI=1S/C42H32N2/c1-27-15-22-35-36(25-27)42(32-20-23-38-31(26-32)21-24-40-43-37-13-7-8-14-39(37)44(38)40)34-12-6-5-11-33(34)41(35)30-18-16-29(17-19-30)28-9-3-2-4-10-28/h2-16,18-24,26-27,29H,17,25H2,1H3. The minimum Gasteiger partial charge on any atom is -0.292 e. The van der Waals surface area contributed by atoms with Crippen LogP contribution in [0.5, 0.6) is 0 Å². The van der Waals surface area contributed by atoms with Crippen LogP contribution < -0.4 is 0 Å². The van der Waals surface area contributed by atoms with Crippen LogP contribution in [0.4, 0.5) is 0 Å². The van der Waals surface area contributed by atoms with Gasteiger partial charge in [0.05, 0.1) is 16.6 Å². The Hall–Kier alpha value is -5.21. The van der Waals surface area contributed by atoms with Crippen LogP contribution in [0.1, 0.15) is 41.5 Å². The van der Waals surface area contributed by atoms with E-state index in [0.29, 0.717) is 11.8 Å². The van der Waals surface area contributed by atoms with Crippen LogP contribution >= 0.6 is 0 Å². The fourth-order valence-electron chi connectivity index (χ4n) is 7.57. The maximum atomic E-state index is 4.87. The van der Waals surface area contributed by atoms with Crippen molar-refractivity contribution in [3.8, 4) is 11.1 Å². The molecule has 2 aliphatic rings. The maximum absolute atomic E-state index is 4.87. The van der Waals surface area contributed by atoms with E-state index in [1.165, 1.54) is 60.6 Å². The third-order valence-electron chi connectivity index (χ3n) is 9.65. The Bertz CT molecular complexity index is 2350. The summed E-state index contributed by atoms with van der Waals surface area (Å²) in [6.07, 6.45) is 14.1. The van der Waals surface area contributed by atoms with E-state index in [0.717, 1.165) is 29.5 Å². The number of allylic oxidation sites excluding steroid dienone is 5. The molecule has 2 heterocycles. The Morgan fingerprint density at radius 2 is 1.50 bits per heavy atom. The van der Waals surface area contributed by atoms with Crippen molar-refractivity contribution in [2.24, 2.45) is 5.92 Å². The van der Waals surface area contributed by atoms with Gasteiger partial charge in [-0.15, -0.1) is 0 Å². The molecule has 2 nitrogen and oxygen atoms in total. The molecule has 0 fully saturated rings. The molecule has 0 aliphatic heterocycles. The number of para-hydroxylation sites is 2. The topological polar surface area (TPSA) is 17.3 Å². The number of hydrogen-bond donors (Lipinski definition) is 0. The van der Waals surface area contributed by atoms with E-state index < -0.39 is 0 Å². The van der Waals surface area contributed by atoms with E-state index in [2.05, 4.69) is 151 Å². The minimum atomic E-state index is 0.425. The quantitative estimate of drug-likeness (QED) is 0.209. The fraction of sp³-hybridized carbons (Fsp3) is 0.119. The van der Waals surface area contributed by atoms with Crippen LogP contribution in [0.2, 0.25) is 0 Å². The van der Waals surface area contributed by atoms with Gasteiger partial charge in [0.25, 0.3) is 0 Å². The van der Waals surface area contributed by atoms with E-state index in [-0.39, 0.29) is 0 Å². The van der Waals surface area contributed by atoms with Crippen molar-refractivity contribution in [3.05, 3.63) is 156 Å². The third kappa shape index (κ3) is 3.91. The van der Waals surface area contributed by atoms with E-state index >= 15 is 0 Å². The second kappa shape index (κ2) is 9.92. The van der Waals surface area contributed by atoms with Gasteiger partial charge in [-0.25, -0.2) is 4.98 Å². The zero-order chi connectivity index (χ0) is 29.2. The molecule has 9 rings (SSSR count). The van der Waals surface area contributed by atoms with Crippen LogP contribution in [0.3, 0.4) is 0 Å². The van der Waals surface area contributed by atoms with Crippen molar-refractivity contribution >= 4 is 50.0 Å². The molecule has 7 aromatic rings. The summed E-state index contributed by atoms with van der Waals surface area (Å²) in [4.78, 5) is 4.87. The normalized spacial score (nSPS) is 17.9. The molecule has 2 aromatic heterocycles. The second-order valence-corrected chi connectivity index (χ2v) is 12.4. The average molecular weight is 565 g/mol. The molecule has 0 bridgehead atoms. The van der Waals surface area contributed by atoms with Gasteiger partial charge in [-0.3, -0.25) is 4.40 Å². The summed E-state index contributed by atoms with van der Waals surface area (Å²) in [6.45, 7) is 2.34. The lowest BCUT2D eigenvalue weighted by molar-refractivity contribution is 0.719. The Balaban J connectivity index is 1.25. The zero-order valence-electron chi connectivity index (χ0n) is 24.7. The third-order valence-corrected chi connectivity index (χ3v) is 9.65. The van der Waals surface area contributed by atoms with Crippen LogP contribution in [-0.4, -0.2) is 9.38 Å². The van der Waals surface area contributed by atoms with Crippen LogP contribution in [0.25, 0.3) is 61.1 Å². The number of fused-ring (bicyclic) bond motifs is 7. The minimum absolute atomic E-state index is 0.425. The van der Waals surface area contributed by atoms with E-state index in [9.17, 15) is 0 Å². The monoisotopic (exact) mass is 564 g/mol. The highest BCUT2D eigenvalue weighted by Crippen LogP contribution is 2.45. The lowest BCUT2D eigenvalue weighted by Gasteiger charge is -2.27. The summed E-state index contributed by atoms with van der Waals surface area (Å²) in [7, 11) is 0. The maximum Gasteiger partial charge on any atom is 0.138 e. The number of pyridine rings is 1. The highest BCUT2D eigenvalue weighted by atomic mass is 15.0. The van der Waals surface area contributed by atoms with Crippen molar-refractivity contribution in [2.75, 3.05) is 0 Å². The van der Waals surface area contributed by atoms with Gasteiger partial charge >= 0.3 is 0 Å². The number of hydrogen-bond acceptors (Lipinski definition) is 1. The largest absolute Gasteiger partial charge is 0.292 e. The first-order valence-corrected chi connectivity index (χ1v) is 15.7. The van der Waals surface area contributed by atoms with Gasteiger partial charge in [0.15, 0.2) is 0 Å². The van der Waals surface area contributed by atoms with Gasteiger partial charge in [-0.2, -0.15) is 0 Å². The van der Waals surface area contributed by atoms with Gasteiger partial charge in [0, 0.05) is 5.92 Å². The molecule has 2 aliphatic carbocycles. The van der Waals surface area contributed by atoms with E-state index in [1.807, 2.05) is 0 Å². The van der Waals surface area contributed by atoms with Crippen molar-refractivity contribution in [1.29, 1.82) is 0 Å². The van der Waals surface area contributed by atoms with Gasteiger partial charge < -0.3 is 0 Å². The predicted octanol–water partition coefficient (Wildman–Crippen LogP) is 10.8. The Morgan fingerprint density at radius 1 is 0.705 bits per heavy atom. The highest BCUT2D eigenvalue weighted by Gasteiger charge is 2.25. The van der Waals surface area contributed by atoms with Crippen molar-refractivity contribution < 1.29 is 0 Å². The molecule has 210 valence electrons. The molecule has 2 heteroatoms. The molecule has 0 radical (unpaired) electrons. The first-order chi connectivity index (χ1) is 21.7. The molecular weight excluding hydrogens is 532 g/mol. The first-order valence-electron chi connectivity index (χ1n) is 15.7. The average Bonchev–Trinajstić information content (AvgIpc) is 3.47. The van der Waals surface area contributed by atoms with Crippen molar-refractivity contribution in [3.63, 3.8) is 0 Å². The molecule has 0 spiro atoms. The molecule has 0 amide bonds. The summed E-state index contributed by atoms with van der Waals surface area (Å²) in [5.74, 6) is 0.916. The summed E-state index contributed by atoms with van der Waals surface area (Å²) in [5.41, 5.74) is 13.9. The lowest BCUT2D eigenvalue weighted by Crippen LogP contribution is -2.09. The van der Waals surface area contributed by atoms with Crippen molar-refractivity contribution in [1.82, 2.24) is 9.38 Å². The Kier molecular flexibility index (Phi) is 5.71. The molecule has 0 N–H and O–H groups in total. The van der Waals surface area contributed by atoms with Crippen molar-refractivity contribution in [2.45, 2.75) is 25.7 Å². The van der Waals surface area contributed by atoms with Gasteiger partial charge in [0.2, 0.25) is 0 Å². The highest BCUT2D eigenvalue weighted by molar-refractivity contribution is 6.09. The number of nitrogens with zero attached hydrogens (tertiary/aromatic N) is 2. The zero-order valence-corrected chi connectivity index (χ0v) is 24.7. The molecular formula is C42H32N2. The summed E-state index contributed by atoms with van der Waals surface area (Å²) in [6, 6.07) is 39.7. The second-order valence-electron chi connectivity index (χ2n) is 12.4. The smallest absolute Gasteiger partial charge is 0.138 e. The van der Waals surface area contributed by atoms with Crippen LogP contribution in [-0.2, 0) is 6.42 Å². The molecule has 2 atom stereocenters. The summed E-state index contributed by atoms with van der Waals surface area (Å²) < 4.78 is 2.29. The van der Waals surface area contributed by atoms with Gasteiger partial charge in [-0.1, -0.05) is 110 Å². The van der Waals surface area contributed by atoms with E-state index in [1.54, 1.807) is 0 Å². The molecule has 44 heavy (non-hydrogen) atoms. The fourth-order valence-corrected chi connectivity index (χ4v) is 7.57. The molecule has 2 unspecified atom stereocenters. The van der Waals surface area contributed by atoms with E-state index in [4.69, 9.17) is 4.98 Å². The van der Waals surface area contributed by atoms with Crippen LogP contribution in [0.15, 0.2) is 133 Å². The Labute approximate surface area is 257 Å². The summed E-state index contributed by atoms with van der Waals surface area (Å²) >= 11 is 0. The predicted molar refractivity (Wildman–Crippen MR) is 186 cm³/mol. The lowest BCUT2D eigenvalue weighted by atomic mass is 9.77. The van der Waals surface area contributed by atoms with Gasteiger partial charge in [-0.05, 0) is 110 Å². The first kappa shape index (κ1) is 25.3. The Morgan fingerprint density at radius 3 is 2.34 bits per heavy atom. The summed E-state index contributed by atoms with van der Waals surface area (Å²) in [5, 5.41) is 3.88. The number of benzene rings is 5. The molecule has 0 saturated heterocycles. The number of aromatic nitrogens is 2. The number of rotatable bonds is 3. The number of imidazole rings is 1. The van der Waals surface area contributed by atoms with Gasteiger partial charge in [0.1, 0.15) is 5.65 Å². The SMILES string of the molecule is CC1C=Cc2c(c(-c3ccc4c(ccc5nc6ccccc6n54)c3)c3ccccc3c2C2=CCC(c3ccccc3)C=C2)C1.